The first kappa shape index (κ1) is 50.0. The Balaban J connectivity index is 1.04. The Morgan fingerprint density at radius 3 is 1.26 bits per heavy atom. The van der Waals surface area contributed by atoms with Crippen LogP contribution in [0.3, 0.4) is 0 Å². The second-order valence-corrected chi connectivity index (χ2v) is 25.0. The third kappa shape index (κ3) is 8.80. The number of fused-ring (bicyclic) bond motifs is 6. The summed E-state index contributed by atoms with van der Waals surface area (Å²) < 4.78 is 4.63. The number of hydrogen-bond donors (Lipinski definition) is 0. The summed E-state index contributed by atoms with van der Waals surface area (Å²) in [5, 5.41) is 9.86. The van der Waals surface area contributed by atoms with Gasteiger partial charge in [-0.3, -0.25) is 4.57 Å². The van der Waals surface area contributed by atoms with Crippen LogP contribution in [0.5, 0.6) is 0 Å². The second-order valence-electron chi connectivity index (χ2n) is 21.2. The molecule has 0 N–H and O–H groups in total. The number of rotatable bonds is 14. The maximum Gasteiger partial charge on any atom is 0.235 e. The lowest BCUT2D eigenvalue weighted by atomic mass is 9.96. The van der Waals surface area contributed by atoms with Gasteiger partial charge in [-0.1, -0.05) is 261 Å². The lowest BCUT2D eigenvalue weighted by molar-refractivity contribution is 0.866. The van der Waals surface area contributed by atoms with Crippen molar-refractivity contribution in [2.45, 2.75) is 19.3 Å². The zero-order chi connectivity index (χ0) is 55.0. The van der Waals surface area contributed by atoms with Crippen LogP contribution in [-0.2, 0) is 0 Å². The minimum atomic E-state index is -3.32. The van der Waals surface area contributed by atoms with Crippen molar-refractivity contribution in [3.05, 3.63) is 315 Å². The number of para-hydroxylation sites is 4. The Hall–Kier alpha value is -10.2. The van der Waals surface area contributed by atoms with Crippen molar-refractivity contribution < 1.29 is 0 Å². The van der Waals surface area contributed by atoms with E-state index in [4.69, 9.17) is 9.97 Å². The first-order valence-electron chi connectivity index (χ1n) is 28.3. The molecule has 390 valence electrons. The molecule has 3 heterocycles. The molecule has 0 aliphatic rings. The zero-order valence-electron chi connectivity index (χ0n) is 45.6. The second kappa shape index (κ2) is 21.5. The SMILES string of the molecule is C=CC(C/C=C\C)c1cccc([Si](c2cccc(-c3ccccc3)c2)(c2cccc(-c3ccccc3)c2)c2cccc(-c3cc(-c4cccc(-n5c6ccccc6c6ccccc65)c4)nc(-n4c5ccccc5c5ccccc54)n3)c2)c1. The van der Waals surface area contributed by atoms with E-state index in [0.29, 0.717) is 5.95 Å². The van der Waals surface area contributed by atoms with Gasteiger partial charge in [-0.15, -0.1) is 6.58 Å². The number of benzene rings is 11. The van der Waals surface area contributed by atoms with Crippen LogP contribution in [-0.4, -0.2) is 27.2 Å². The van der Waals surface area contributed by atoms with Gasteiger partial charge in [0.25, 0.3) is 0 Å². The summed E-state index contributed by atoms with van der Waals surface area (Å²) in [6.45, 7) is 6.48. The molecule has 5 heteroatoms. The first-order valence-corrected chi connectivity index (χ1v) is 30.3. The van der Waals surface area contributed by atoms with Gasteiger partial charge in [-0.2, -0.15) is 0 Å². The third-order valence-corrected chi connectivity index (χ3v) is 21.2. The van der Waals surface area contributed by atoms with Gasteiger partial charge in [0.1, 0.15) is 0 Å². The molecule has 82 heavy (non-hydrogen) atoms. The van der Waals surface area contributed by atoms with E-state index in [-0.39, 0.29) is 5.92 Å². The fraction of sp³-hybridized carbons (Fsp3) is 0.0390. The number of nitrogens with zero attached hydrogens (tertiary/aromatic N) is 4. The summed E-state index contributed by atoms with van der Waals surface area (Å²) >= 11 is 0. The van der Waals surface area contributed by atoms with Crippen LogP contribution in [0.4, 0.5) is 0 Å². The highest BCUT2D eigenvalue weighted by Crippen LogP contribution is 2.36. The molecule has 4 nitrogen and oxygen atoms in total. The molecular weight excluding hydrogens is 1010 g/mol. The molecule has 0 spiro atoms. The molecule has 14 aromatic rings. The number of aromatic nitrogens is 4. The van der Waals surface area contributed by atoms with Crippen LogP contribution in [0.25, 0.3) is 100 Å². The molecule has 0 saturated heterocycles. The van der Waals surface area contributed by atoms with Crippen molar-refractivity contribution in [1.29, 1.82) is 0 Å². The monoisotopic (exact) mass is 1070 g/mol. The minimum Gasteiger partial charge on any atom is -0.309 e. The molecule has 0 saturated carbocycles. The van der Waals surface area contributed by atoms with Crippen LogP contribution in [0.2, 0.25) is 0 Å². The van der Waals surface area contributed by atoms with Crippen molar-refractivity contribution in [1.82, 2.24) is 19.1 Å². The average molecular weight is 1070 g/mol. The van der Waals surface area contributed by atoms with Crippen LogP contribution in [0, 0.1) is 0 Å². The fourth-order valence-corrected chi connectivity index (χ4v) is 17.5. The summed E-state index contributed by atoms with van der Waals surface area (Å²) in [6.07, 6.45) is 7.37. The Kier molecular flexibility index (Phi) is 13.1. The van der Waals surface area contributed by atoms with E-state index < -0.39 is 8.07 Å². The van der Waals surface area contributed by atoms with Crippen molar-refractivity contribution in [3.8, 4) is 56.4 Å². The Morgan fingerprint density at radius 1 is 0.378 bits per heavy atom. The predicted molar refractivity (Wildman–Crippen MR) is 348 cm³/mol. The largest absolute Gasteiger partial charge is 0.309 e. The predicted octanol–water partition coefficient (Wildman–Crippen LogP) is 17.0. The van der Waals surface area contributed by atoms with E-state index in [1.807, 2.05) is 0 Å². The van der Waals surface area contributed by atoms with Crippen molar-refractivity contribution in [2.24, 2.45) is 0 Å². The Morgan fingerprint density at radius 2 is 0.768 bits per heavy atom. The van der Waals surface area contributed by atoms with Crippen LogP contribution in [0.1, 0.15) is 24.8 Å². The Labute approximate surface area is 480 Å². The van der Waals surface area contributed by atoms with Gasteiger partial charge >= 0.3 is 0 Å². The average Bonchev–Trinajstić information content (AvgIpc) is 1.99. The first-order chi connectivity index (χ1) is 40.6. The summed E-state index contributed by atoms with van der Waals surface area (Å²) in [5.41, 5.74) is 15.1. The van der Waals surface area contributed by atoms with Crippen molar-refractivity contribution >= 4 is 72.4 Å². The van der Waals surface area contributed by atoms with Crippen molar-refractivity contribution in [3.63, 3.8) is 0 Å². The van der Waals surface area contributed by atoms with Gasteiger partial charge in [0.15, 0.2) is 8.07 Å². The molecule has 0 aliphatic carbocycles. The Bertz CT molecular complexity index is 4530. The van der Waals surface area contributed by atoms with Gasteiger partial charge in [0.2, 0.25) is 5.95 Å². The van der Waals surface area contributed by atoms with Gasteiger partial charge in [0.05, 0.1) is 33.5 Å². The van der Waals surface area contributed by atoms with Crippen molar-refractivity contribution in [2.75, 3.05) is 0 Å². The molecule has 3 aromatic heterocycles. The summed E-state index contributed by atoms with van der Waals surface area (Å²) in [6, 6.07) is 105. The minimum absolute atomic E-state index is 0.132. The standard InChI is InChI=1S/C77H58N4Si/c1-3-5-25-54(4-2)57-30-21-36-63(49-57)82(64-37-22-31-58(50-64)55-26-8-6-9-27-55,65-38-23-32-59(51-65)56-28-10-7-11-29-56)66-39-24-34-61(52-66)72-53-71(78-77(79-72)81-75-46-18-14-42-69(75)70-43-15-19-47-76(70)81)60-33-20-35-62(48-60)80-73-44-16-12-40-67(73)68-41-13-17-45-74(68)80/h3-24,26-54H,2,25H2,1H3/b5-3-. The molecule has 0 aliphatic heterocycles. The van der Waals surface area contributed by atoms with Crippen LogP contribution < -0.4 is 20.7 Å². The molecule has 1 atom stereocenters. The fourth-order valence-electron chi connectivity index (χ4n) is 12.7. The van der Waals surface area contributed by atoms with E-state index >= 15 is 0 Å². The topological polar surface area (TPSA) is 35.6 Å². The lowest BCUT2D eigenvalue weighted by Crippen LogP contribution is -2.74. The molecule has 0 bridgehead atoms. The summed E-state index contributed by atoms with van der Waals surface area (Å²) in [4.78, 5) is 11.3. The summed E-state index contributed by atoms with van der Waals surface area (Å²) in [5.74, 6) is 0.740. The van der Waals surface area contributed by atoms with Gasteiger partial charge < -0.3 is 4.57 Å². The lowest BCUT2D eigenvalue weighted by Gasteiger charge is -2.36. The van der Waals surface area contributed by atoms with Gasteiger partial charge in [0, 0.05) is 44.3 Å². The molecule has 1 unspecified atom stereocenters. The quantitative estimate of drug-likeness (QED) is 0.0618. The molecular formula is C77H58N4Si. The molecule has 14 rings (SSSR count). The number of hydrogen-bond acceptors (Lipinski definition) is 2. The molecule has 0 amide bonds. The highest BCUT2D eigenvalue weighted by molar-refractivity contribution is 7.20. The summed E-state index contributed by atoms with van der Waals surface area (Å²) in [7, 11) is -3.32. The smallest absolute Gasteiger partial charge is 0.235 e. The number of allylic oxidation sites excluding steroid dienone is 3. The van der Waals surface area contributed by atoms with E-state index in [2.05, 4.69) is 326 Å². The highest BCUT2D eigenvalue weighted by Gasteiger charge is 2.42. The molecule has 11 aromatic carbocycles. The van der Waals surface area contributed by atoms with Crippen LogP contribution >= 0.6 is 0 Å². The van der Waals surface area contributed by atoms with Gasteiger partial charge in [-0.25, -0.2) is 9.97 Å². The van der Waals surface area contributed by atoms with E-state index in [0.717, 1.165) is 67.5 Å². The normalized spacial score (nSPS) is 12.2. The van der Waals surface area contributed by atoms with Crippen LogP contribution in [0.15, 0.2) is 310 Å². The van der Waals surface area contributed by atoms with E-state index in [9.17, 15) is 0 Å². The third-order valence-electron chi connectivity index (χ3n) is 16.5. The molecule has 0 fully saturated rings. The van der Waals surface area contributed by atoms with Gasteiger partial charge in [-0.05, 0) is 104 Å². The van der Waals surface area contributed by atoms with E-state index in [1.165, 1.54) is 59.3 Å². The zero-order valence-corrected chi connectivity index (χ0v) is 46.6. The maximum absolute atomic E-state index is 5.70. The highest BCUT2D eigenvalue weighted by atomic mass is 28.3. The van der Waals surface area contributed by atoms with E-state index in [1.54, 1.807) is 0 Å². The maximum atomic E-state index is 5.70. The molecule has 0 radical (unpaired) electrons.